The second-order valence-electron chi connectivity index (χ2n) is 5.03. The van der Waals surface area contributed by atoms with Gasteiger partial charge in [-0.3, -0.25) is 0 Å². The average Bonchev–Trinajstić information content (AvgIpc) is 2.44. The van der Waals surface area contributed by atoms with Gasteiger partial charge >= 0.3 is 6.03 Å². The summed E-state index contributed by atoms with van der Waals surface area (Å²) in [5.74, 6) is 0.876. The van der Waals surface area contributed by atoms with E-state index in [1.54, 1.807) is 21.2 Å². The van der Waals surface area contributed by atoms with Gasteiger partial charge in [0.1, 0.15) is 5.75 Å². The van der Waals surface area contributed by atoms with E-state index in [0.29, 0.717) is 12.6 Å². The molecule has 2 N–H and O–H groups in total. The van der Waals surface area contributed by atoms with Crippen LogP contribution in [0.5, 0.6) is 5.75 Å². The van der Waals surface area contributed by atoms with Crippen LogP contribution in [-0.2, 0) is 6.42 Å². The second-order valence-corrected chi connectivity index (χ2v) is 5.03. The van der Waals surface area contributed by atoms with Gasteiger partial charge in [-0.25, -0.2) is 4.79 Å². The standard InChI is InChI=1S/C15H25N3O2/c1-12(16-9-10-17-15(19)18(2)3)11-13-5-7-14(20-4)8-6-13/h5-8,12,16H,9-11H2,1-4H3,(H,17,19). The molecule has 0 aliphatic carbocycles. The van der Waals surface area contributed by atoms with Crippen LogP contribution in [0.3, 0.4) is 0 Å². The molecule has 1 aromatic carbocycles. The van der Waals surface area contributed by atoms with Crippen LogP contribution in [0.15, 0.2) is 24.3 Å². The summed E-state index contributed by atoms with van der Waals surface area (Å²) >= 11 is 0. The molecule has 112 valence electrons. The number of nitrogens with one attached hydrogen (secondary N) is 2. The maximum atomic E-state index is 11.3. The molecule has 0 bridgehead atoms. The maximum absolute atomic E-state index is 11.3. The average molecular weight is 279 g/mol. The molecule has 20 heavy (non-hydrogen) atoms. The minimum atomic E-state index is -0.0605. The highest BCUT2D eigenvalue weighted by Gasteiger charge is 2.04. The lowest BCUT2D eigenvalue weighted by Crippen LogP contribution is -2.40. The molecule has 0 aliphatic rings. The molecule has 0 heterocycles. The van der Waals surface area contributed by atoms with Gasteiger partial charge in [0.25, 0.3) is 0 Å². The third-order valence-corrected chi connectivity index (χ3v) is 3.00. The zero-order valence-electron chi connectivity index (χ0n) is 12.8. The fourth-order valence-corrected chi connectivity index (χ4v) is 1.83. The predicted octanol–water partition coefficient (Wildman–Crippen LogP) is 1.49. The molecule has 1 rings (SSSR count). The van der Waals surface area contributed by atoms with E-state index in [9.17, 15) is 4.79 Å². The van der Waals surface area contributed by atoms with Crippen molar-refractivity contribution in [2.75, 3.05) is 34.3 Å². The van der Waals surface area contributed by atoms with Gasteiger partial charge in [-0.15, -0.1) is 0 Å². The van der Waals surface area contributed by atoms with Crippen LogP contribution in [0, 0.1) is 0 Å². The molecular weight excluding hydrogens is 254 g/mol. The normalized spacial score (nSPS) is 11.8. The molecule has 0 saturated carbocycles. The Balaban J connectivity index is 2.22. The Morgan fingerprint density at radius 3 is 2.45 bits per heavy atom. The van der Waals surface area contributed by atoms with Crippen LogP contribution >= 0.6 is 0 Å². The van der Waals surface area contributed by atoms with Gasteiger partial charge in [0, 0.05) is 33.2 Å². The zero-order chi connectivity index (χ0) is 15.0. The molecule has 1 atom stereocenters. The first-order valence-electron chi connectivity index (χ1n) is 6.84. The van der Waals surface area contributed by atoms with Crippen molar-refractivity contribution in [2.24, 2.45) is 0 Å². The van der Waals surface area contributed by atoms with E-state index >= 15 is 0 Å². The Kier molecular flexibility index (Phi) is 6.87. The molecule has 0 aromatic heterocycles. The molecular formula is C15H25N3O2. The van der Waals surface area contributed by atoms with Gasteiger partial charge in [-0.05, 0) is 31.0 Å². The van der Waals surface area contributed by atoms with E-state index < -0.39 is 0 Å². The number of amides is 2. The van der Waals surface area contributed by atoms with Gasteiger partial charge in [0.15, 0.2) is 0 Å². The van der Waals surface area contributed by atoms with E-state index in [-0.39, 0.29) is 6.03 Å². The zero-order valence-corrected chi connectivity index (χ0v) is 12.8. The lowest BCUT2D eigenvalue weighted by molar-refractivity contribution is 0.217. The largest absolute Gasteiger partial charge is 0.497 e. The summed E-state index contributed by atoms with van der Waals surface area (Å²) in [5.41, 5.74) is 1.27. The predicted molar refractivity (Wildman–Crippen MR) is 81.2 cm³/mol. The number of hydrogen-bond donors (Lipinski definition) is 2. The van der Waals surface area contributed by atoms with Crippen molar-refractivity contribution in [3.8, 4) is 5.75 Å². The molecule has 0 saturated heterocycles. The highest BCUT2D eigenvalue weighted by atomic mass is 16.5. The Morgan fingerprint density at radius 2 is 1.90 bits per heavy atom. The number of hydrogen-bond acceptors (Lipinski definition) is 3. The van der Waals surface area contributed by atoms with Crippen LogP contribution in [0.4, 0.5) is 4.79 Å². The highest BCUT2D eigenvalue weighted by molar-refractivity contribution is 5.73. The number of methoxy groups -OCH3 is 1. The van der Waals surface area contributed by atoms with E-state index in [0.717, 1.165) is 18.7 Å². The molecule has 0 aliphatic heterocycles. The van der Waals surface area contributed by atoms with E-state index in [4.69, 9.17) is 4.74 Å². The molecule has 2 amide bonds. The van der Waals surface area contributed by atoms with Crippen molar-refractivity contribution >= 4 is 6.03 Å². The third kappa shape index (κ3) is 5.93. The summed E-state index contributed by atoms with van der Waals surface area (Å²) in [5, 5.41) is 6.21. The highest BCUT2D eigenvalue weighted by Crippen LogP contribution is 2.12. The lowest BCUT2D eigenvalue weighted by Gasteiger charge is -2.16. The molecule has 5 nitrogen and oxygen atoms in total. The minimum absolute atomic E-state index is 0.0605. The minimum Gasteiger partial charge on any atom is -0.497 e. The Hall–Kier alpha value is -1.75. The van der Waals surface area contributed by atoms with E-state index in [2.05, 4.69) is 29.7 Å². The van der Waals surface area contributed by atoms with Crippen molar-refractivity contribution in [1.82, 2.24) is 15.5 Å². The molecule has 0 radical (unpaired) electrons. The molecule has 0 fully saturated rings. The van der Waals surface area contributed by atoms with Gasteiger partial charge in [0.05, 0.1) is 7.11 Å². The van der Waals surface area contributed by atoms with Crippen molar-refractivity contribution in [2.45, 2.75) is 19.4 Å². The summed E-state index contributed by atoms with van der Waals surface area (Å²) in [4.78, 5) is 12.8. The monoisotopic (exact) mass is 279 g/mol. The number of urea groups is 1. The van der Waals surface area contributed by atoms with E-state index in [1.807, 2.05) is 12.1 Å². The lowest BCUT2D eigenvalue weighted by atomic mass is 10.1. The maximum Gasteiger partial charge on any atom is 0.316 e. The number of nitrogens with zero attached hydrogens (tertiary/aromatic N) is 1. The number of ether oxygens (including phenoxy) is 1. The Bertz CT molecular complexity index is 404. The Labute approximate surface area is 121 Å². The molecule has 5 heteroatoms. The summed E-state index contributed by atoms with van der Waals surface area (Å²) in [7, 11) is 5.13. The van der Waals surface area contributed by atoms with Gasteiger partial charge in [0.2, 0.25) is 0 Å². The molecule has 1 unspecified atom stereocenters. The first-order valence-corrected chi connectivity index (χ1v) is 6.84. The van der Waals surface area contributed by atoms with Gasteiger partial charge < -0.3 is 20.3 Å². The smallest absolute Gasteiger partial charge is 0.316 e. The second kappa shape index (κ2) is 8.43. The van der Waals surface area contributed by atoms with E-state index in [1.165, 1.54) is 10.5 Å². The van der Waals surface area contributed by atoms with Crippen molar-refractivity contribution in [3.05, 3.63) is 29.8 Å². The third-order valence-electron chi connectivity index (χ3n) is 3.00. The number of rotatable bonds is 7. The van der Waals surface area contributed by atoms with Crippen LogP contribution in [-0.4, -0.2) is 51.3 Å². The van der Waals surface area contributed by atoms with Crippen molar-refractivity contribution in [1.29, 1.82) is 0 Å². The quantitative estimate of drug-likeness (QED) is 0.744. The SMILES string of the molecule is COc1ccc(CC(C)NCCNC(=O)N(C)C)cc1. The van der Waals surface area contributed by atoms with Crippen LogP contribution < -0.4 is 15.4 Å². The van der Waals surface area contributed by atoms with Crippen LogP contribution in [0.25, 0.3) is 0 Å². The van der Waals surface area contributed by atoms with Gasteiger partial charge in [-0.2, -0.15) is 0 Å². The van der Waals surface area contributed by atoms with Crippen molar-refractivity contribution in [3.63, 3.8) is 0 Å². The number of carbonyl (C=O) groups excluding carboxylic acids is 1. The fourth-order valence-electron chi connectivity index (χ4n) is 1.83. The van der Waals surface area contributed by atoms with Crippen LogP contribution in [0.1, 0.15) is 12.5 Å². The first-order chi connectivity index (χ1) is 9.52. The summed E-state index contributed by atoms with van der Waals surface area (Å²) in [6.45, 7) is 3.53. The fraction of sp³-hybridized carbons (Fsp3) is 0.533. The summed E-state index contributed by atoms with van der Waals surface area (Å²) in [6, 6.07) is 8.39. The molecule has 1 aromatic rings. The van der Waals surface area contributed by atoms with Crippen molar-refractivity contribution < 1.29 is 9.53 Å². The topological polar surface area (TPSA) is 53.6 Å². The van der Waals surface area contributed by atoms with Crippen LogP contribution in [0.2, 0.25) is 0 Å². The van der Waals surface area contributed by atoms with Gasteiger partial charge in [-0.1, -0.05) is 12.1 Å². The summed E-state index contributed by atoms with van der Waals surface area (Å²) in [6.07, 6.45) is 0.950. The Morgan fingerprint density at radius 1 is 1.25 bits per heavy atom. The number of benzene rings is 1. The molecule has 0 spiro atoms. The summed E-state index contributed by atoms with van der Waals surface area (Å²) < 4.78 is 5.14. The number of carbonyl (C=O) groups is 1. The first kappa shape index (κ1) is 16.3.